The third kappa shape index (κ3) is 5.03. The van der Waals surface area contributed by atoms with E-state index in [4.69, 9.17) is 9.47 Å². The van der Waals surface area contributed by atoms with Gasteiger partial charge < -0.3 is 25.2 Å². The second-order valence-corrected chi connectivity index (χ2v) is 9.53. The van der Waals surface area contributed by atoms with Crippen LogP contribution in [0, 0.1) is 12.7 Å². The lowest BCUT2D eigenvalue weighted by Gasteiger charge is -2.56. The molecule has 1 aromatic carbocycles. The molecule has 4 rings (SSSR count). The van der Waals surface area contributed by atoms with Gasteiger partial charge in [0.15, 0.2) is 6.61 Å². The van der Waals surface area contributed by atoms with Gasteiger partial charge in [0.2, 0.25) is 0 Å². The quantitative estimate of drug-likeness (QED) is 0.678. The van der Waals surface area contributed by atoms with Gasteiger partial charge in [0.05, 0.1) is 11.6 Å². The maximum atomic E-state index is 13.2. The van der Waals surface area contributed by atoms with E-state index in [1.165, 1.54) is 18.2 Å². The molecule has 0 unspecified atom stereocenters. The topological polar surface area (TPSA) is 96.9 Å². The van der Waals surface area contributed by atoms with Gasteiger partial charge in [-0.25, -0.2) is 9.18 Å². The van der Waals surface area contributed by atoms with Gasteiger partial charge in [-0.15, -0.1) is 0 Å². The summed E-state index contributed by atoms with van der Waals surface area (Å²) in [6, 6.07) is 4.13. The van der Waals surface area contributed by atoms with Gasteiger partial charge in [0.1, 0.15) is 17.2 Å². The largest absolute Gasteiger partial charge is 0.484 e. The van der Waals surface area contributed by atoms with Gasteiger partial charge in [-0.2, -0.15) is 0 Å². The number of ether oxygens (including phenoxy) is 2. The smallest absolute Gasteiger partial charge is 0.408 e. The van der Waals surface area contributed by atoms with Crippen molar-refractivity contribution in [3.8, 4) is 5.75 Å². The van der Waals surface area contributed by atoms with E-state index in [0.29, 0.717) is 43.4 Å². The summed E-state index contributed by atoms with van der Waals surface area (Å²) in [6.07, 6.45) is 1.40. The van der Waals surface area contributed by atoms with Crippen LogP contribution < -0.4 is 15.4 Å². The first-order valence-corrected chi connectivity index (χ1v) is 10.3. The van der Waals surface area contributed by atoms with Crippen LogP contribution in [0.25, 0.3) is 0 Å². The zero-order valence-corrected chi connectivity index (χ0v) is 18.0. The summed E-state index contributed by atoms with van der Waals surface area (Å²) in [5, 5.41) is 16.7. The molecule has 0 radical (unpaired) electrons. The van der Waals surface area contributed by atoms with E-state index < -0.39 is 28.9 Å². The summed E-state index contributed by atoms with van der Waals surface area (Å²) in [5.74, 6) is -0.192. The summed E-state index contributed by atoms with van der Waals surface area (Å²) in [7, 11) is 0. The number of rotatable bonds is 5. The van der Waals surface area contributed by atoms with Gasteiger partial charge in [0, 0.05) is 5.54 Å². The number of hydrogen-bond acceptors (Lipinski definition) is 5. The number of carbonyl (C=O) groups excluding carboxylic acids is 2. The molecule has 8 heteroatoms. The predicted molar refractivity (Wildman–Crippen MR) is 109 cm³/mol. The molecule has 1 atom stereocenters. The molecule has 0 aliphatic heterocycles. The molecular formula is C22H31FN2O5. The molecule has 0 spiro atoms. The van der Waals surface area contributed by atoms with E-state index in [-0.39, 0.29) is 18.3 Å². The molecule has 3 aliphatic rings. The van der Waals surface area contributed by atoms with Crippen LogP contribution in [0.2, 0.25) is 0 Å². The van der Waals surface area contributed by atoms with Crippen LogP contribution in [-0.2, 0) is 9.53 Å². The highest BCUT2D eigenvalue weighted by atomic mass is 19.1. The monoisotopic (exact) mass is 422 g/mol. The summed E-state index contributed by atoms with van der Waals surface area (Å²) >= 11 is 0. The molecule has 166 valence electrons. The van der Waals surface area contributed by atoms with Crippen molar-refractivity contribution >= 4 is 12.0 Å². The summed E-state index contributed by atoms with van der Waals surface area (Å²) in [5.41, 5.74) is -1.24. The Labute approximate surface area is 176 Å². The Kier molecular flexibility index (Phi) is 6.00. The van der Waals surface area contributed by atoms with Crippen molar-refractivity contribution in [2.45, 2.75) is 82.6 Å². The molecule has 3 N–H and O–H groups in total. The average molecular weight is 422 g/mol. The first kappa shape index (κ1) is 22.3. The third-order valence-electron chi connectivity index (χ3n) is 5.97. The van der Waals surface area contributed by atoms with Gasteiger partial charge in [0.25, 0.3) is 5.91 Å². The van der Waals surface area contributed by atoms with E-state index in [0.717, 1.165) is 0 Å². The molecule has 1 aromatic rings. The Morgan fingerprint density at radius 1 is 1.20 bits per heavy atom. The standard InChI is InChI=1S/C22H31FN2O5/c1-14-11-15(23)5-6-16(14)29-13-18(27)24-21-7-9-22(10-8-21,17(26)12-21)25-19(28)30-20(2,3)4/h5-6,11,17,26H,7-10,12-13H2,1-4H3,(H,24,27)(H,25,28)/t17-,21?,22?/m0/s1. The molecule has 0 saturated heterocycles. The van der Waals surface area contributed by atoms with Crippen LogP contribution in [0.1, 0.15) is 58.4 Å². The minimum Gasteiger partial charge on any atom is -0.484 e. The van der Waals surface area contributed by atoms with Crippen LogP contribution in [0.3, 0.4) is 0 Å². The summed E-state index contributed by atoms with van der Waals surface area (Å²) < 4.78 is 24.1. The number of aryl methyl sites for hydroxylation is 1. The van der Waals surface area contributed by atoms with Gasteiger partial charge in [-0.1, -0.05) is 0 Å². The highest BCUT2D eigenvalue weighted by molar-refractivity contribution is 5.78. The minimum absolute atomic E-state index is 0.189. The number of carbonyl (C=O) groups is 2. The number of alkyl carbamates (subject to hydrolysis) is 1. The number of amides is 2. The van der Waals surface area contributed by atoms with E-state index in [1.54, 1.807) is 27.7 Å². The lowest BCUT2D eigenvalue weighted by atomic mass is 9.60. The molecule has 2 amide bonds. The molecule has 0 aromatic heterocycles. The van der Waals surface area contributed by atoms with Crippen LogP contribution in [0.4, 0.5) is 9.18 Å². The van der Waals surface area contributed by atoms with Gasteiger partial charge in [-0.05, 0) is 83.6 Å². The fourth-order valence-electron chi connectivity index (χ4n) is 4.42. The molecule has 30 heavy (non-hydrogen) atoms. The molecule has 0 heterocycles. The van der Waals surface area contributed by atoms with Crippen molar-refractivity contribution in [3.63, 3.8) is 0 Å². The van der Waals surface area contributed by atoms with Gasteiger partial charge in [-0.3, -0.25) is 4.79 Å². The van der Waals surface area contributed by atoms with E-state index >= 15 is 0 Å². The second kappa shape index (κ2) is 8.06. The molecule has 2 bridgehead atoms. The normalized spacial score (nSPS) is 28.0. The Morgan fingerprint density at radius 3 is 2.43 bits per heavy atom. The van der Waals surface area contributed by atoms with Crippen LogP contribution in [-0.4, -0.2) is 46.5 Å². The maximum Gasteiger partial charge on any atom is 0.408 e. The number of fused-ring (bicyclic) bond motifs is 3. The number of aliphatic hydroxyl groups excluding tert-OH is 1. The minimum atomic E-state index is -0.784. The van der Waals surface area contributed by atoms with E-state index in [1.807, 2.05) is 0 Å². The molecular weight excluding hydrogens is 391 g/mol. The number of halogens is 1. The maximum absolute atomic E-state index is 13.2. The average Bonchev–Trinajstić information content (AvgIpc) is 2.61. The molecule has 3 saturated carbocycles. The highest BCUT2D eigenvalue weighted by Gasteiger charge is 2.55. The van der Waals surface area contributed by atoms with E-state index in [2.05, 4.69) is 10.6 Å². The van der Waals surface area contributed by atoms with Crippen LogP contribution in [0.15, 0.2) is 18.2 Å². The first-order valence-electron chi connectivity index (χ1n) is 10.3. The van der Waals surface area contributed by atoms with Crippen molar-refractivity contribution in [3.05, 3.63) is 29.6 Å². The SMILES string of the molecule is Cc1cc(F)ccc1OCC(=O)NC12CCC(NC(=O)OC(C)(C)C)(CC1)[C@@H](O)C2. The first-order chi connectivity index (χ1) is 13.9. The van der Waals surface area contributed by atoms with Crippen molar-refractivity contribution in [2.24, 2.45) is 0 Å². The molecule has 3 fully saturated rings. The number of nitrogens with one attached hydrogen (secondary N) is 2. The predicted octanol–water partition coefficient (Wildman–Crippen LogP) is 2.97. The number of aliphatic hydroxyl groups is 1. The third-order valence-corrected chi connectivity index (χ3v) is 5.97. The molecule has 7 nitrogen and oxygen atoms in total. The highest BCUT2D eigenvalue weighted by Crippen LogP contribution is 2.47. The summed E-state index contributed by atoms with van der Waals surface area (Å²) in [4.78, 5) is 24.7. The zero-order valence-electron chi connectivity index (χ0n) is 18.0. The Bertz CT molecular complexity index is 812. The number of hydrogen-bond donors (Lipinski definition) is 3. The van der Waals surface area contributed by atoms with E-state index in [9.17, 15) is 19.1 Å². The van der Waals surface area contributed by atoms with Crippen molar-refractivity contribution in [1.29, 1.82) is 0 Å². The Hall–Kier alpha value is -2.35. The van der Waals surface area contributed by atoms with Crippen LogP contribution >= 0.6 is 0 Å². The fourth-order valence-corrected chi connectivity index (χ4v) is 4.42. The Balaban J connectivity index is 1.55. The fraction of sp³-hybridized carbons (Fsp3) is 0.636. The van der Waals surface area contributed by atoms with Gasteiger partial charge >= 0.3 is 6.09 Å². The Morgan fingerprint density at radius 2 is 1.87 bits per heavy atom. The second-order valence-electron chi connectivity index (χ2n) is 9.53. The molecule has 3 aliphatic carbocycles. The van der Waals surface area contributed by atoms with Crippen molar-refractivity contribution in [2.75, 3.05) is 6.61 Å². The number of benzene rings is 1. The van der Waals surface area contributed by atoms with Crippen molar-refractivity contribution < 1.29 is 28.6 Å². The van der Waals surface area contributed by atoms with Crippen molar-refractivity contribution in [1.82, 2.24) is 10.6 Å². The lowest BCUT2D eigenvalue weighted by molar-refractivity contribution is -0.129. The lowest BCUT2D eigenvalue weighted by Crippen LogP contribution is -2.70. The zero-order chi connectivity index (χ0) is 22.2. The van der Waals surface area contributed by atoms with Crippen LogP contribution in [0.5, 0.6) is 5.75 Å². The summed E-state index contributed by atoms with van der Waals surface area (Å²) in [6.45, 7) is 6.89.